The number of nitrogens with one attached hydrogen (secondary N) is 1. The Balaban J connectivity index is 1.99. The monoisotopic (exact) mass is 239 g/mol. The predicted octanol–water partition coefficient (Wildman–Crippen LogP) is 2.96. The molecule has 92 valence electrons. The van der Waals surface area contributed by atoms with Gasteiger partial charge >= 0.3 is 0 Å². The van der Waals surface area contributed by atoms with E-state index < -0.39 is 0 Å². The summed E-state index contributed by atoms with van der Waals surface area (Å²) in [6.45, 7) is 1.11. The maximum Gasteiger partial charge on any atom is 0.159 e. The summed E-state index contributed by atoms with van der Waals surface area (Å²) in [7, 11) is 0. The Hall–Kier alpha value is -1.74. The molecule has 2 aromatic rings. The maximum atomic E-state index is 4.37. The summed E-state index contributed by atoms with van der Waals surface area (Å²) < 4.78 is 0. The van der Waals surface area contributed by atoms with Gasteiger partial charge in [-0.2, -0.15) is 0 Å². The molecule has 0 saturated carbocycles. The number of aromatic nitrogens is 2. The van der Waals surface area contributed by atoms with Gasteiger partial charge in [0.05, 0.1) is 0 Å². The lowest BCUT2D eigenvalue weighted by Gasteiger charge is -2.25. The highest BCUT2D eigenvalue weighted by molar-refractivity contribution is 5.60. The number of hydrogen-bond acceptors (Lipinski definition) is 3. The summed E-state index contributed by atoms with van der Waals surface area (Å²) in [5.41, 5.74) is 2.47. The number of hydrogen-bond donors (Lipinski definition) is 1. The van der Waals surface area contributed by atoms with Crippen molar-refractivity contribution in [2.45, 2.75) is 25.3 Å². The summed E-state index contributed by atoms with van der Waals surface area (Å²) >= 11 is 0. The van der Waals surface area contributed by atoms with Gasteiger partial charge in [-0.1, -0.05) is 30.7 Å². The fourth-order valence-corrected chi connectivity index (χ4v) is 2.56. The summed E-state index contributed by atoms with van der Waals surface area (Å²) in [6.07, 6.45) is 7.37. The highest BCUT2D eigenvalue weighted by Crippen LogP contribution is 2.30. The van der Waals surface area contributed by atoms with Crippen molar-refractivity contribution in [1.29, 1.82) is 0 Å². The Morgan fingerprint density at radius 3 is 2.61 bits per heavy atom. The van der Waals surface area contributed by atoms with E-state index in [0.717, 1.165) is 17.9 Å². The van der Waals surface area contributed by atoms with E-state index in [2.05, 4.69) is 39.6 Å². The molecule has 0 aliphatic carbocycles. The van der Waals surface area contributed by atoms with Crippen molar-refractivity contribution < 1.29 is 0 Å². The molecular formula is C15H17N3. The molecule has 2 heterocycles. The van der Waals surface area contributed by atoms with Crippen molar-refractivity contribution in [1.82, 2.24) is 15.3 Å². The predicted molar refractivity (Wildman–Crippen MR) is 72.1 cm³/mol. The number of nitrogens with zero attached hydrogens (tertiary/aromatic N) is 2. The van der Waals surface area contributed by atoms with Crippen molar-refractivity contribution >= 4 is 0 Å². The quantitative estimate of drug-likeness (QED) is 0.875. The number of benzene rings is 1. The van der Waals surface area contributed by atoms with Gasteiger partial charge in [-0.05, 0) is 31.0 Å². The molecule has 0 bridgehead atoms. The van der Waals surface area contributed by atoms with Crippen LogP contribution in [0, 0.1) is 0 Å². The van der Waals surface area contributed by atoms with Crippen LogP contribution >= 0.6 is 0 Å². The zero-order valence-electron chi connectivity index (χ0n) is 10.3. The summed E-state index contributed by atoms with van der Waals surface area (Å²) in [6, 6.07) is 10.7. The van der Waals surface area contributed by atoms with Gasteiger partial charge < -0.3 is 5.32 Å². The summed E-state index contributed by atoms with van der Waals surface area (Å²) in [5, 5.41) is 3.59. The van der Waals surface area contributed by atoms with Crippen LogP contribution in [0.1, 0.15) is 30.9 Å². The molecule has 0 spiro atoms. The lowest BCUT2D eigenvalue weighted by atomic mass is 9.93. The Kier molecular flexibility index (Phi) is 3.33. The fraction of sp³-hybridized carbons (Fsp3) is 0.333. The molecule has 1 aliphatic heterocycles. The third kappa shape index (κ3) is 2.27. The first-order valence-corrected chi connectivity index (χ1v) is 6.55. The van der Waals surface area contributed by atoms with Gasteiger partial charge in [0.15, 0.2) is 5.82 Å². The Morgan fingerprint density at radius 1 is 1.00 bits per heavy atom. The van der Waals surface area contributed by atoms with E-state index in [1.807, 2.05) is 6.07 Å². The molecule has 0 amide bonds. The maximum absolute atomic E-state index is 4.37. The SMILES string of the molecule is c1cnc(-c2ccccc2C2CCCCN2)nc1. The highest BCUT2D eigenvalue weighted by Gasteiger charge is 2.18. The molecule has 3 nitrogen and oxygen atoms in total. The molecule has 1 aromatic heterocycles. The minimum Gasteiger partial charge on any atom is -0.310 e. The van der Waals surface area contributed by atoms with Crippen LogP contribution in [0.3, 0.4) is 0 Å². The van der Waals surface area contributed by atoms with Gasteiger partial charge in [-0.25, -0.2) is 9.97 Å². The third-order valence-corrected chi connectivity index (χ3v) is 3.45. The van der Waals surface area contributed by atoms with E-state index in [1.54, 1.807) is 12.4 Å². The van der Waals surface area contributed by atoms with Gasteiger partial charge in [0, 0.05) is 24.0 Å². The van der Waals surface area contributed by atoms with E-state index in [9.17, 15) is 0 Å². The summed E-state index contributed by atoms with van der Waals surface area (Å²) in [5.74, 6) is 0.820. The first-order chi connectivity index (χ1) is 8.95. The average Bonchev–Trinajstić information content (AvgIpc) is 2.49. The van der Waals surface area contributed by atoms with Gasteiger partial charge in [-0.3, -0.25) is 0 Å². The molecule has 3 heteroatoms. The molecule has 18 heavy (non-hydrogen) atoms. The van der Waals surface area contributed by atoms with Crippen LogP contribution in [0.25, 0.3) is 11.4 Å². The second kappa shape index (κ2) is 5.27. The zero-order valence-corrected chi connectivity index (χ0v) is 10.3. The fourth-order valence-electron chi connectivity index (χ4n) is 2.56. The number of rotatable bonds is 2. The minimum atomic E-state index is 0.443. The van der Waals surface area contributed by atoms with Gasteiger partial charge in [0.25, 0.3) is 0 Å². The second-order valence-electron chi connectivity index (χ2n) is 4.66. The van der Waals surface area contributed by atoms with Crippen LogP contribution < -0.4 is 5.32 Å². The lowest BCUT2D eigenvalue weighted by Crippen LogP contribution is -2.27. The van der Waals surface area contributed by atoms with E-state index in [-0.39, 0.29) is 0 Å². The van der Waals surface area contributed by atoms with E-state index >= 15 is 0 Å². The van der Waals surface area contributed by atoms with Gasteiger partial charge in [-0.15, -0.1) is 0 Å². The molecule has 1 unspecified atom stereocenters. The molecular weight excluding hydrogens is 222 g/mol. The molecule has 1 fully saturated rings. The van der Waals surface area contributed by atoms with E-state index in [4.69, 9.17) is 0 Å². The molecule has 1 atom stereocenters. The Morgan fingerprint density at radius 2 is 1.83 bits per heavy atom. The third-order valence-electron chi connectivity index (χ3n) is 3.45. The van der Waals surface area contributed by atoms with Gasteiger partial charge in [0.2, 0.25) is 0 Å². The molecule has 3 rings (SSSR count). The van der Waals surface area contributed by atoms with Crippen molar-refractivity contribution in [2.24, 2.45) is 0 Å². The number of piperidine rings is 1. The largest absolute Gasteiger partial charge is 0.310 e. The van der Waals surface area contributed by atoms with E-state index in [1.165, 1.54) is 24.8 Å². The molecule has 0 radical (unpaired) electrons. The molecule has 1 aliphatic rings. The van der Waals surface area contributed by atoms with Crippen LogP contribution in [0.5, 0.6) is 0 Å². The Bertz CT molecular complexity index is 504. The smallest absolute Gasteiger partial charge is 0.159 e. The topological polar surface area (TPSA) is 37.8 Å². The molecule has 1 saturated heterocycles. The lowest BCUT2D eigenvalue weighted by molar-refractivity contribution is 0.413. The van der Waals surface area contributed by atoms with Crippen molar-refractivity contribution in [3.8, 4) is 11.4 Å². The van der Waals surface area contributed by atoms with Crippen LogP contribution in [0.4, 0.5) is 0 Å². The standard InChI is InChI=1S/C15H17N3/c1-2-7-13(15-17-10-5-11-18-15)12(6-1)14-8-3-4-9-16-14/h1-2,5-7,10-11,14,16H,3-4,8-9H2. The first kappa shape index (κ1) is 11.4. The first-order valence-electron chi connectivity index (χ1n) is 6.55. The minimum absolute atomic E-state index is 0.443. The van der Waals surface area contributed by atoms with Gasteiger partial charge in [0.1, 0.15) is 0 Å². The average molecular weight is 239 g/mol. The zero-order chi connectivity index (χ0) is 12.2. The van der Waals surface area contributed by atoms with Crippen molar-refractivity contribution in [3.63, 3.8) is 0 Å². The highest BCUT2D eigenvalue weighted by atomic mass is 14.9. The van der Waals surface area contributed by atoms with Crippen LogP contribution in [-0.4, -0.2) is 16.5 Å². The molecule has 1 aromatic carbocycles. The van der Waals surface area contributed by atoms with Crippen LogP contribution in [-0.2, 0) is 0 Å². The molecule has 1 N–H and O–H groups in total. The van der Waals surface area contributed by atoms with Crippen molar-refractivity contribution in [2.75, 3.05) is 6.54 Å². The normalized spacial score (nSPS) is 19.7. The van der Waals surface area contributed by atoms with Crippen molar-refractivity contribution in [3.05, 3.63) is 48.3 Å². The Labute approximate surface area is 107 Å². The van der Waals surface area contributed by atoms with E-state index in [0.29, 0.717) is 6.04 Å². The second-order valence-corrected chi connectivity index (χ2v) is 4.66. The summed E-state index contributed by atoms with van der Waals surface area (Å²) in [4.78, 5) is 8.73. The van der Waals surface area contributed by atoms with Crippen LogP contribution in [0.2, 0.25) is 0 Å². The van der Waals surface area contributed by atoms with Crippen LogP contribution in [0.15, 0.2) is 42.7 Å².